The second-order valence-corrected chi connectivity index (χ2v) is 6.38. The SMILES string of the molecule is O=C(CCc1nc2ccccc2[nH]c1=O)NCC1COc2ccccc21. The van der Waals surface area contributed by atoms with E-state index >= 15 is 0 Å². The molecule has 2 N–H and O–H groups in total. The van der Waals surface area contributed by atoms with Gasteiger partial charge in [-0.25, -0.2) is 4.98 Å². The Labute approximate surface area is 150 Å². The summed E-state index contributed by atoms with van der Waals surface area (Å²) in [5, 5.41) is 2.93. The lowest BCUT2D eigenvalue weighted by atomic mass is 10.0. The zero-order valence-corrected chi connectivity index (χ0v) is 14.2. The molecule has 1 aliphatic rings. The van der Waals surface area contributed by atoms with Gasteiger partial charge >= 0.3 is 0 Å². The number of hydrogen-bond acceptors (Lipinski definition) is 4. The van der Waals surface area contributed by atoms with Gasteiger partial charge in [0.25, 0.3) is 5.56 Å². The van der Waals surface area contributed by atoms with Crippen LogP contribution in [0.2, 0.25) is 0 Å². The standard InChI is InChI=1S/C20H19N3O3/c24-19(21-11-13-12-26-18-8-4-1-5-14(13)18)10-9-17-20(25)23-16-7-3-2-6-15(16)22-17/h1-8,13H,9-12H2,(H,21,24)(H,23,25). The zero-order chi connectivity index (χ0) is 17.9. The second kappa shape index (κ2) is 7.00. The number of carbonyl (C=O) groups is 1. The summed E-state index contributed by atoms with van der Waals surface area (Å²) in [5.41, 5.74) is 2.69. The van der Waals surface area contributed by atoms with Gasteiger partial charge in [0.2, 0.25) is 5.91 Å². The number of rotatable bonds is 5. The van der Waals surface area contributed by atoms with Crippen molar-refractivity contribution in [3.63, 3.8) is 0 Å². The summed E-state index contributed by atoms with van der Waals surface area (Å²) < 4.78 is 5.62. The maximum Gasteiger partial charge on any atom is 0.270 e. The van der Waals surface area contributed by atoms with E-state index in [0.29, 0.717) is 30.8 Å². The number of amides is 1. The molecule has 0 spiro atoms. The van der Waals surface area contributed by atoms with Crippen LogP contribution < -0.4 is 15.6 Å². The molecule has 2 heterocycles. The molecule has 1 amide bonds. The minimum Gasteiger partial charge on any atom is -0.493 e. The molecule has 0 radical (unpaired) electrons. The van der Waals surface area contributed by atoms with Crippen LogP contribution >= 0.6 is 0 Å². The smallest absolute Gasteiger partial charge is 0.270 e. The van der Waals surface area contributed by atoms with Crippen LogP contribution in [0.1, 0.15) is 23.6 Å². The molecule has 1 aromatic heterocycles. The van der Waals surface area contributed by atoms with Gasteiger partial charge in [0.1, 0.15) is 11.4 Å². The predicted molar refractivity (Wildman–Crippen MR) is 98.4 cm³/mol. The lowest BCUT2D eigenvalue weighted by Gasteiger charge is -2.10. The highest BCUT2D eigenvalue weighted by atomic mass is 16.5. The number of nitrogens with one attached hydrogen (secondary N) is 2. The molecule has 0 saturated carbocycles. The lowest BCUT2D eigenvalue weighted by Crippen LogP contribution is -2.29. The molecule has 0 saturated heterocycles. The van der Waals surface area contributed by atoms with Crippen molar-refractivity contribution in [3.05, 3.63) is 70.1 Å². The van der Waals surface area contributed by atoms with Gasteiger partial charge in [-0.05, 0) is 18.2 Å². The molecule has 6 nitrogen and oxygen atoms in total. The first-order valence-corrected chi connectivity index (χ1v) is 8.67. The van der Waals surface area contributed by atoms with Crippen molar-refractivity contribution in [3.8, 4) is 5.75 Å². The van der Waals surface area contributed by atoms with Crippen molar-refractivity contribution in [1.29, 1.82) is 0 Å². The van der Waals surface area contributed by atoms with E-state index in [4.69, 9.17) is 4.74 Å². The number of aryl methyl sites for hydroxylation is 1. The Bertz CT molecular complexity index is 1010. The third-order valence-corrected chi connectivity index (χ3v) is 4.60. The molecule has 0 fully saturated rings. The molecule has 132 valence electrons. The van der Waals surface area contributed by atoms with Crippen LogP contribution in [0.3, 0.4) is 0 Å². The summed E-state index contributed by atoms with van der Waals surface area (Å²) in [6.45, 7) is 1.10. The largest absolute Gasteiger partial charge is 0.493 e. The summed E-state index contributed by atoms with van der Waals surface area (Å²) in [7, 11) is 0. The number of benzene rings is 2. The summed E-state index contributed by atoms with van der Waals surface area (Å²) in [4.78, 5) is 31.4. The molecule has 6 heteroatoms. The van der Waals surface area contributed by atoms with Crippen molar-refractivity contribution >= 4 is 16.9 Å². The Morgan fingerprint density at radius 3 is 2.92 bits per heavy atom. The molecule has 1 atom stereocenters. The van der Waals surface area contributed by atoms with Crippen molar-refractivity contribution < 1.29 is 9.53 Å². The molecule has 26 heavy (non-hydrogen) atoms. The Morgan fingerprint density at radius 2 is 2.00 bits per heavy atom. The van der Waals surface area contributed by atoms with Crippen LogP contribution in [-0.4, -0.2) is 29.0 Å². The first-order valence-electron chi connectivity index (χ1n) is 8.67. The van der Waals surface area contributed by atoms with E-state index in [2.05, 4.69) is 15.3 Å². The topological polar surface area (TPSA) is 84.1 Å². The van der Waals surface area contributed by atoms with Gasteiger partial charge in [-0.2, -0.15) is 0 Å². The molecule has 0 aliphatic carbocycles. The minimum atomic E-state index is -0.241. The van der Waals surface area contributed by atoms with Gasteiger partial charge in [0, 0.05) is 30.9 Å². The van der Waals surface area contributed by atoms with Gasteiger partial charge < -0.3 is 15.0 Å². The monoisotopic (exact) mass is 349 g/mol. The highest BCUT2D eigenvalue weighted by Gasteiger charge is 2.23. The van der Waals surface area contributed by atoms with Gasteiger partial charge in [-0.1, -0.05) is 30.3 Å². The number of aromatic amines is 1. The molecular formula is C20H19N3O3. The number of nitrogens with zero attached hydrogens (tertiary/aromatic N) is 1. The van der Waals surface area contributed by atoms with Crippen LogP contribution in [0.15, 0.2) is 53.3 Å². The van der Waals surface area contributed by atoms with E-state index in [0.717, 1.165) is 16.8 Å². The fraction of sp³-hybridized carbons (Fsp3) is 0.250. The minimum absolute atomic E-state index is 0.0938. The molecule has 2 aromatic carbocycles. The Balaban J connectivity index is 1.35. The molecule has 4 rings (SSSR count). The van der Waals surface area contributed by atoms with E-state index in [-0.39, 0.29) is 23.8 Å². The van der Waals surface area contributed by atoms with Crippen LogP contribution in [-0.2, 0) is 11.2 Å². The van der Waals surface area contributed by atoms with Crippen LogP contribution in [0.4, 0.5) is 0 Å². The van der Waals surface area contributed by atoms with Crippen molar-refractivity contribution in [2.45, 2.75) is 18.8 Å². The molecule has 1 unspecified atom stereocenters. The number of para-hydroxylation sites is 3. The number of aromatic nitrogens is 2. The van der Waals surface area contributed by atoms with Crippen LogP contribution in [0, 0.1) is 0 Å². The summed E-state index contributed by atoms with van der Waals surface area (Å²) in [6.07, 6.45) is 0.535. The number of carbonyl (C=O) groups excluding carboxylic acids is 1. The highest BCUT2D eigenvalue weighted by Crippen LogP contribution is 2.32. The highest BCUT2D eigenvalue weighted by molar-refractivity contribution is 5.76. The Kier molecular flexibility index (Phi) is 4.39. The molecule has 3 aromatic rings. The maximum atomic E-state index is 12.2. The van der Waals surface area contributed by atoms with Crippen molar-refractivity contribution in [1.82, 2.24) is 15.3 Å². The van der Waals surface area contributed by atoms with E-state index in [1.807, 2.05) is 48.5 Å². The van der Waals surface area contributed by atoms with E-state index < -0.39 is 0 Å². The van der Waals surface area contributed by atoms with Gasteiger partial charge in [-0.15, -0.1) is 0 Å². The van der Waals surface area contributed by atoms with Crippen LogP contribution in [0.25, 0.3) is 11.0 Å². The normalized spacial score (nSPS) is 15.5. The van der Waals surface area contributed by atoms with E-state index in [9.17, 15) is 9.59 Å². The maximum absolute atomic E-state index is 12.2. The van der Waals surface area contributed by atoms with Gasteiger partial charge in [-0.3, -0.25) is 9.59 Å². The number of H-pyrrole nitrogens is 1. The third-order valence-electron chi connectivity index (χ3n) is 4.60. The summed E-state index contributed by atoms with van der Waals surface area (Å²) in [5.74, 6) is 0.958. The average Bonchev–Trinajstić information content (AvgIpc) is 3.08. The number of hydrogen-bond donors (Lipinski definition) is 2. The second-order valence-electron chi connectivity index (χ2n) is 6.38. The van der Waals surface area contributed by atoms with Crippen molar-refractivity contribution in [2.24, 2.45) is 0 Å². The lowest BCUT2D eigenvalue weighted by molar-refractivity contribution is -0.121. The predicted octanol–water partition coefficient (Wildman–Crippen LogP) is 2.15. The molecule has 0 bridgehead atoms. The number of fused-ring (bicyclic) bond motifs is 2. The Morgan fingerprint density at radius 1 is 1.19 bits per heavy atom. The van der Waals surface area contributed by atoms with Gasteiger partial charge in [0.05, 0.1) is 17.6 Å². The summed E-state index contributed by atoms with van der Waals surface area (Å²) >= 11 is 0. The van der Waals surface area contributed by atoms with E-state index in [1.54, 1.807) is 0 Å². The quantitative estimate of drug-likeness (QED) is 0.739. The summed E-state index contributed by atoms with van der Waals surface area (Å²) in [6, 6.07) is 15.2. The average molecular weight is 349 g/mol. The van der Waals surface area contributed by atoms with Crippen molar-refractivity contribution in [2.75, 3.05) is 13.2 Å². The zero-order valence-electron chi connectivity index (χ0n) is 14.2. The molecular weight excluding hydrogens is 330 g/mol. The van der Waals surface area contributed by atoms with Gasteiger partial charge in [0.15, 0.2) is 0 Å². The fourth-order valence-electron chi connectivity index (χ4n) is 3.19. The third kappa shape index (κ3) is 3.31. The first kappa shape index (κ1) is 16.3. The molecule has 1 aliphatic heterocycles. The first-order chi connectivity index (χ1) is 12.7. The van der Waals surface area contributed by atoms with E-state index in [1.165, 1.54) is 0 Å². The fourth-order valence-corrected chi connectivity index (χ4v) is 3.19. The Hall–Kier alpha value is -3.15. The van der Waals surface area contributed by atoms with Crippen LogP contribution in [0.5, 0.6) is 5.75 Å². The number of ether oxygens (including phenoxy) is 1.